The van der Waals surface area contributed by atoms with Gasteiger partial charge in [0.2, 0.25) is 0 Å². The third-order valence-electron chi connectivity index (χ3n) is 3.87. The first kappa shape index (κ1) is 14.3. The van der Waals surface area contributed by atoms with E-state index in [9.17, 15) is 5.11 Å². The van der Waals surface area contributed by atoms with Crippen LogP contribution in [0.5, 0.6) is 0 Å². The number of aliphatic hydroxyl groups is 1. The van der Waals surface area contributed by atoms with Crippen LogP contribution in [-0.4, -0.2) is 22.7 Å². The summed E-state index contributed by atoms with van der Waals surface area (Å²) in [4.78, 5) is 6.98. The van der Waals surface area contributed by atoms with E-state index in [0.717, 1.165) is 17.9 Å². The van der Waals surface area contributed by atoms with Crippen molar-refractivity contribution in [2.24, 2.45) is 5.92 Å². The predicted molar refractivity (Wildman–Crippen MR) is 79.3 cm³/mol. The molecule has 0 spiro atoms. The van der Waals surface area contributed by atoms with Crippen LogP contribution >= 0.6 is 0 Å². The zero-order chi connectivity index (χ0) is 13.8. The molecule has 0 aromatic carbocycles. The van der Waals surface area contributed by atoms with E-state index < -0.39 is 6.10 Å². The van der Waals surface area contributed by atoms with Crippen LogP contribution in [0.1, 0.15) is 58.1 Å². The van der Waals surface area contributed by atoms with Gasteiger partial charge in [-0.05, 0) is 43.4 Å². The van der Waals surface area contributed by atoms with E-state index in [4.69, 9.17) is 0 Å². The lowest BCUT2D eigenvalue weighted by atomic mass is 10.1. The van der Waals surface area contributed by atoms with Crippen molar-refractivity contribution in [3.8, 4) is 0 Å². The van der Waals surface area contributed by atoms with Crippen molar-refractivity contribution < 1.29 is 5.11 Å². The number of anilines is 1. The minimum absolute atomic E-state index is 0.425. The largest absolute Gasteiger partial charge is 0.389 e. The maximum atomic E-state index is 9.73. The third-order valence-corrected chi connectivity index (χ3v) is 3.87. The lowest BCUT2D eigenvalue weighted by molar-refractivity contribution is 0.199. The van der Waals surface area contributed by atoms with Crippen molar-refractivity contribution in [3.05, 3.63) is 23.9 Å². The van der Waals surface area contributed by atoms with Crippen LogP contribution in [0.2, 0.25) is 0 Å². The SMILES string of the molecule is CC(C)CN(c1cc(C(C)O)ccn1)C1CCCC1. The van der Waals surface area contributed by atoms with Crippen LogP contribution in [0, 0.1) is 5.92 Å². The van der Waals surface area contributed by atoms with Gasteiger partial charge in [-0.25, -0.2) is 4.98 Å². The summed E-state index contributed by atoms with van der Waals surface area (Å²) >= 11 is 0. The van der Waals surface area contributed by atoms with Gasteiger partial charge in [-0.2, -0.15) is 0 Å². The smallest absolute Gasteiger partial charge is 0.129 e. The summed E-state index contributed by atoms with van der Waals surface area (Å²) < 4.78 is 0. The van der Waals surface area contributed by atoms with E-state index in [1.54, 1.807) is 0 Å². The van der Waals surface area contributed by atoms with E-state index in [-0.39, 0.29) is 0 Å². The summed E-state index contributed by atoms with van der Waals surface area (Å²) in [6.45, 7) is 7.35. The van der Waals surface area contributed by atoms with E-state index in [1.807, 2.05) is 25.3 Å². The number of hydrogen-bond acceptors (Lipinski definition) is 3. The molecule has 0 aliphatic heterocycles. The quantitative estimate of drug-likeness (QED) is 0.881. The average Bonchev–Trinajstić information content (AvgIpc) is 2.89. The molecular weight excluding hydrogens is 236 g/mol. The molecule has 1 N–H and O–H groups in total. The Morgan fingerprint density at radius 1 is 1.32 bits per heavy atom. The van der Waals surface area contributed by atoms with E-state index >= 15 is 0 Å². The summed E-state index contributed by atoms with van der Waals surface area (Å²) in [6.07, 6.45) is 6.59. The van der Waals surface area contributed by atoms with Gasteiger partial charge in [-0.1, -0.05) is 26.7 Å². The summed E-state index contributed by atoms with van der Waals surface area (Å²) in [5, 5.41) is 9.73. The van der Waals surface area contributed by atoms with Crippen molar-refractivity contribution in [2.75, 3.05) is 11.4 Å². The molecule has 106 valence electrons. The summed E-state index contributed by atoms with van der Waals surface area (Å²) in [6, 6.07) is 4.57. The Morgan fingerprint density at radius 3 is 2.58 bits per heavy atom. The number of aromatic nitrogens is 1. The van der Waals surface area contributed by atoms with Crippen molar-refractivity contribution in [2.45, 2.75) is 58.6 Å². The first-order chi connectivity index (χ1) is 9.08. The Labute approximate surface area is 116 Å². The molecule has 1 unspecified atom stereocenters. The molecule has 2 rings (SSSR count). The second-order valence-electron chi connectivity index (χ2n) is 6.11. The van der Waals surface area contributed by atoms with Gasteiger partial charge in [0.25, 0.3) is 0 Å². The highest BCUT2D eigenvalue weighted by molar-refractivity contribution is 5.43. The summed E-state index contributed by atoms with van der Waals surface area (Å²) in [5.41, 5.74) is 0.955. The second-order valence-corrected chi connectivity index (χ2v) is 6.11. The number of aliphatic hydroxyl groups excluding tert-OH is 1. The number of rotatable bonds is 5. The minimum Gasteiger partial charge on any atom is -0.389 e. The number of pyridine rings is 1. The molecule has 19 heavy (non-hydrogen) atoms. The Kier molecular flexibility index (Phi) is 4.81. The summed E-state index contributed by atoms with van der Waals surface area (Å²) in [5.74, 6) is 1.65. The Bertz CT molecular complexity index is 397. The fraction of sp³-hybridized carbons (Fsp3) is 0.688. The molecule has 1 aromatic rings. The van der Waals surface area contributed by atoms with Crippen LogP contribution < -0.4 is 4.90 Å². The van der Waals surface area contributed by atoms with Crippen molar-refractivity contribution in [3.63, 3.8) is 0 Å². The molecular formula is C16H26N2O. The van der Waals surface area contributed by atoms with Crippen molar-refractivity contribution in [1.29, 1.82) is 0 Å². The highest BCUT2D eigenvalue weighted by atomic mass is 16.3. The molecule has 1 aromatic heterocycles. The Hall–Kier alpha value is -1.09. The molecule has 1 heterocycles. The average molecular weight is 262 g/mol. The first-order valence-electron chi connectivity index (χ1n) is 7.48. The molecule has 1 saturated carbocycles. The highest BCUT2D eigenvalue weighted by Crippen LogP contribution is 2.29. The monoisotopic (exact) mass is 262 g/mol. The van der Waals surface area contributed by atoms with Gasteiger partial charge in [-0.15, -0.1) is 0 Å². The van der Waals surface area contributed by atoms with Crippen LogP contribution in [0.15, 0.2) is 18.3 Å². The molecule has 0 bridgehead atoms. The van der Waals surface area contributed by atoms with Gasteiger partial charge in [-0.3, -0.25) is 0 Å². The molecule has 0 amide bonds. The van der Waals surface area contributed by atoms with E-state index in [0.29, 0.717) is 12.0 Å². The molecule has 1 aliphatic carbocycles. The van der Waals surface area contributed by atoms with Crippen LogP contribution in [0.3, 0.4) is 0 Å². The lowest BCUT2D eigenvalue weighted by Crippen LogP contribution is -2.37. The fourth-order valence-electron chi connectivity index (χ4n) is 2.89. The van der Waals surface area contributed by atoms with Crippen LogP contribution in [-0.2, 0) is 0 Å². The van der Waals surface area contributed by atoms with Crippen LogP contribution in [0.4, 0.5) is 5.82 Å². The molecule has 0 saturated heterocycles. The standard InChI is InChI=1S/C16H26N2O/c1-12(2)11-18(15-6-4-5-7-15)16-10-14(13(3)19)8-9-17-16/h8-10,12-13,15,19H,4-7,11H2,1-3H3. The molecule has 1 fully saturated rings. The zero-order valence-corrected chi connectivity index (χ0v) is 12.3. The molecule has 0 radical (unpaired) electrons. The minimum atomic E-state index is -0.425. The second kappa shape index (κ2) is 6.38. The first-order valence-corrected chi connectivity index (χ1v) is 7.48. The highest BCUT2D eigenvalue weighted by Gasteiger charge is 2.24. The number of nitrogens with zero attached hydrogens (tertiary/aromatic N) is 2. The Balaban J connectivity index is 2.23. The van der Waals surface area contributed by atoms with E-state index in [1.165, 1.54) is 25.7 Å². The third kappa shape index (κ3) is 3.69. The normalized spacial score (nSPS) is 17.9. The van der Waals surface area contributed by atoms with Gasteiger partial charge in [0.15, 0.2) is 0 Å². The van der Waals surface area contributed by atoms with Gasteiger partial charge in [0.05, 0.1) is 6.10 Å². The van der Waals surface area contributed by atoms with Gasteiger partial charge in [0.1, 0.15) is 5.82 Å². The lowest BCUT2D eigenvalue weighted by Gasteiger charge is -2.32. The zero-order valence-electron chi connectivity index (χ0n) is 12.3. The maximum absolute atomic E-state index is 9.73. The van der Waals surface area contributed by atoms with Crippen LogP contribution in [0.25, 0.3) is 0 Å². The molecule has 1 atom stereocenters. The molecule has 1 aliphatic rings. The van der Waals surface area contributed by atoms with Crippen molar-refractivity contribution >= 4 is 5.82 Å². The predicted octanol–water partition coefficient (Wildman–Crippen LogP) is 3.54. The fourth-order valence-corrected chi connectivity index (χ4v) is 2.89. The van der Waals surface area contributed by atoms with Gasteiger partial charge >= 0.3 is 0 Å². The Morgan fingerprint density at radius 2 is 2.00 bits per heavy atom. The molecule has 3 heteroatoms. The van der Waals surface area contributed by atoms with Gasteiger partial charge in [0, 0.05) is 18.8 Å². The maximum Gasteiger partial charge on any atom is 0.129 e. The summed E-state index contributed by atoms with van der Waals surface area (Å²) in [7, 11) is 0. The number of hydrogen-bond donors (Lipinski definition) is 1. The topological polar surface area (TPSA) is 36.4 Å². The van der Waals surface area contributed by atoms with Gasteiger partial charge < -0.3 is 10.0 Å². The molecule has 3 nitrogen and oxygen atoms in total. The van der Waals surface area contributed by atoms with E-state index in [2.05, 4.69) is 23.7 Å². The van der Waals surface area contributed by atoms with Crippen molar-refractivity contribution in [1.82, 2.24) is 4.98 Å².